The number of nitrogen functional groups attached to an aromatic ring is 1. The number of nitrogens with zero attached hydrogens (tertiary/aromatic N) is 4. The van der Waals surface area contributed by atoms with Crippen molar-refractivity contribution < 1.29 is 51.4 Å². The number of aliphatic hydroxyl groups is 1. The Labute approximate surface area is 298 Å². The van der Waals surface area contributed by atoms with Crippen LogP contribution in [-0.2, 0) is 40.3 Å². The van der Waals surface area contributed by atoms with Gasteiger partial charge in [0.15, 0.2) is 16.9 Å². The molecule has 3 aliphatic heterocycles. The number of benzene rings is 1. The summed E-state index contributed by atoms with van der Waals surface area (Å²) in [6, 6.07) is 4.38. The molecule has 2 amide bonds. The number of nitrogens with one attached hydrogen (secondary N) is 2. The largest absolute Gasteiger partial charge is 0.485 e. The van der Waals surface area contributed by atoms with Crippen molar-refractivity contribution in [1.82, 2.24) is 20.7 Å². The summed E-state index contributed by atoms with van der Waals surface area (Å²) in [5, 5.41) is 31.7. The Morgan fingerprint density at radius 3 is 2.69 bits per heavy atom. The number of hydrogen-bond donors (Lipinski definition) is 6. The van der Waals surface area contributed by atoms with E-state index in [-0.39, 0.29) is 29.3 Å². The van der Waals surface area contributed by atoms with E-state index in [0.717, 1.165) is 28.3 Å². The number of rotatable bonds is 14. The van der Waals surface area contributed by atoms with Gasteiger partial charge in [0.1, 0.15) is 17.5 Å². The third-order valence-corrected chi connectivity index (χ3v) is 10.2. The van der Waals surface area contributed by atoms with Gasteiger partial charge in [-0.15, -0.1) is 15.6 Å². The van der Waals surface area contributed by atoms with Gasteiger partial charge in [0, 0.05) is 30.8 Å². The topological polar surface area (TPSA) is 265 Å². The van der Waals surface area contributed by atoms with E-state index in [4.69, 9.17) is 19.9 Å². The van der Waals surface area contributed by atoms with Crippen LogP contribution in [0.25, 0.3) is 0 Å². The fourth-order valence-electron chi connectivity index (χ4n) is 5.93. The molecule has 18 nitrogen and oxygen atoms in total. The summed E-state index contributed by atoms with van der Waals surface area (Å²) in [4.78, 5) is 53.1. The summed E-state index contributed by atoms with van der Waals surface area (Å²) in [5.74, 6) is -1.94. The van der Waals surface area contributed by atoms with Crippen LogP contribution in [0.1, 0.15) is 76.1 Å². The van der Waals surface area contributed by atoms with Gasteiger partial charge in [-0.1, -0.05) is 24.2 Å². The second-order valence-electron chi connectivity index (χ2n) is 13.2. The number of amidine groups is 1. The molecule has 2 aromatic rings. The molecular formula is C31H41N7O11S2. The van der Waals surface area contributed by atoms with Crippen LogP contribution in [0.3, 0.4) is 0 Å². The van der Waals surface area contributed by atoms with Crippen molar-refractivity contribution in [3.63, 3.8) is 0 Å². The van der Waals surface area contributed by atoms with Gasteiger partial charge in [0.2, 0.25) is 0 Å². The number of β-lactam (4-membered cyclic amide) rings is 1. The zero-order valence-electron chi connectivity index (χ0n) is 28.4. The number of ether oxygens (including phenoxy) is 1. The number of aliphatic carboxylic acids is 1. The number of aliphatic imine (C=N–C) groups is 1. The summed E-state index contributed by atoms with van der Waals surface area (Å²) < 4.78 is 41.9. The lowest BCUT2D eigenvalue weighted by Crippen LogP contribution is -2.76. The zero-order chi connectivity index (χ0) is 37.3. The number of carbonyl (C=O) groups is 3. The van der Waals surface area contributed by atoms with Crippen LogP contribution >= 0.6 is 11.3 Å². The highest BCUT2D eigenvalue weighted by Crippen LogP contribution is 2.36. The number of carbonyl (C=O) groups excluding carboxylic acids is 2. The Hall–Kier alpha value is -4.37. The smallest absolute Gasteiger partial charge is 0.418 e. The van der Waals surface area contributed by atoms with Crippen LogP contribution in [0.5, 0.6) is 5.75 Å². The van der Waals surface area contributed by atoms with Crippen LogP contribution in [0.15, 0.2) is 33.7 Å². The molecule has 7 N–H and O–H groups in total. The number of carboxylic acids is 1. The van der Waals surface area contributed by atoms with Crippen LogP contribution in [0.4, 0.5) is 5.13 Å². The normalized spacial score (nSPS) is 23.4. The first-order valence-corrected chi connectivity index (χ1v) is 18.4. The number of amides is 2. The van der Waals surface area contributed by atoms with Crippen LogP contribution in [0.2, 0.25) is 0 Å². The molecule has 20 heteroatoms. The minimum atomic E-state index is -5.03. The molecule has 0 aliphatic carbocycles. The van der Waals surface area contributed by atoms with Crippen molar-refractivity contribution in [2.45, 2.75) is 95.1 Å². The van der Waals surface area contributed by atoms with Crippen molar-refractivity contribution in [1.29, 1.82) is 0 Å². The van der Waals surface area contributed by atoms with Crippen LogP contribution in [0, 0.1) is 0 Å². The third-order valence-electron chi connectivity index (χ3n) is 9.21. The maximum absolute atomic E-state index is 13.5. The number of thiazole rings is 1. The average Bonchev–Trinajstić information content (AvgIpc) is 3.52. The molecular weight excluding hydrogens is 711 g/mol. The van der Waals surface area contributed by atoms with Gasteiger partial charge >= 0.3 is 16.4 Å². The van der Waals surface area contributed by atoms with Gasteiger partial charge in [-0.2, -0.15) is 13.5 Å². The second kappa shape index (κ2) is 14.7. The summed E-state index contributed by atoms with van der Waals surface area (Å²) in [5.41, 5.74) is 3.59. The first kappa shape index (κ1) is 37.9. The maximum Gasteiger partial charge on any atom is 0.418 e. The summed E-state index contributed by atoms with van der Waals surface area (Å²) in [6.07, 6.45) is 1.35. The van der Waals surface area contributed by atoms with Crippen molar-refractivity contribution >= 4 is 56.2 Å². The molecule has 51 heavy (non-hydrogen) atoms. The standard InChI is InChI=1S/C31H41N7O11S2/c1-5-19(39)8-11-23-33-13-18(14-34-23)16-6-9-21-17(12-16)7-10-22(47-21)31(4,28(42)43)48-37-24(20-15-50-29(32)35-20)26(40)36-25-27(41)38(30(25,2)3)49-51(44,45)46/h6,9,12,15,18-19,22,25,39H,5,7-8,10-11,13-14H2,1-4H3,(H2,32,35)(H,33,34)(H,36,40)(H,42,43)(H,44,45,46)/b37-24-/t19-,22-,25-,31+/m1/s1. The SMILES string of the molecule is CC[C@@H](O)CCC1=NCC(c2ccc3c(c2)CC[C@H]([C@](C)(O/N=C(\C(=O)N[C@@H]2C(=O)N(OS(=O)(=O)O)C2(C)C)c2csc(N)n2)C(=O)O)O3)CN1. The molecule has 0 spiro atoms. The molecule has 278 valence electrons. The van der Waals surface area contributed by atoms with Crippen LogP contribution in [-0.4, -0.2) is 105 Å². The summed E-state index contributed by atoms with van der Waals surface area (Å²) in [7, 11) is -5.03. The predicted molar refractivity (Wildman–Crippen MR) is 183 cm³/mol. The maximum atomic E-state index is 13.5. The van der Waals surface area contributed by atoms with E-state index in [1.54, 1.807) is 6.07 Å². The second-order valence-corrected chi connectivity index (χ2v) is 15.1. The molecule has 1 aromatic heterocycles. The van der Waals surface area contributed by atoms with Gasteiger partial charge in [0.25, 0.3) is 17.4 Å². The minimum Gasteiger partial charge on any atom is -0.485 e. The molecule has 1 saturated heterocycles. The van der Waals surface area contributed by atoms with E-state index >= 15 is 0 Å². The number of oxime groups is 1. The van der Waals surface area contributed by atoms with Gasteiger partial charge in [0.05, 0.1) is 17.5 Å². The molecule has 0 bridgehead atoms. The molecule has 3 aliphatic rings. The van der Waals surface area contributed by atoms with E-state index in [2.05, 4.69) is 30.0 Å². The highest BCUT2D eigenvalue weighted by molar-refractivity contribution is 7.80. The van der Waals surface area contributed by atoms with Crippen molar-refractivity contribution in [2.75, 3.05) is 18.8 Å². The summed E-state index contributed by atoms with van der Waals surface area (Å²) >= 11 is 0.971. The Kier molecular flexibility index (Phi) is 10.9. The van der Waals surface area contributed by atoms with Crippen molar-refractivity contribution in [2.24, 2.45) is 10.1 Å². The Morgan fingerprint density at radius 1 is 1.35 bits per heavy atom. The lowest BCUT2D eigenvalue weighted by molar-refractivity contribution is -0.218. The highest BCUT2D eigenvalue weighted by atomic mass is 32.3. The van der Waals surface area contributed by atoms with E-state index in [1.165, 1.54) is 26.2 Å². The third kappa shape index (κ3) is 8.25. The van der Waals surface area contributed by atoms with E-state index < -0.39 is 57.2 Å². The van der Waals surface area contributed by atoms with Gasteiger partial charge in [-0.25, -0.2) is 9.78 Å². The van der Waals surface area contributed by atoms with Gasteiger partial charge in [-0.05, 0) is 63.6 Å². The predicted octanol–water partition coefficient (Wildman–Crippen LogP) is 1.16. The molecule has 1 fully saturated rings. The van der Waals surface area contributed by atoms with E-state index in [9.17, 15) is 33.0 Å². The number of hydroxylamine groups is 2. The monoisotopic (exact) mass is 751 g/mol. The fraction of sp³-hybridized carbons (Fsp3) is 0.548. The van der Waals surface area contributed by atoms with Gasteiger partial charge in [-0.3, -0.25) is 19.1 Å². The average molecular weight is 752 g/mol. The number of fused-ring (bicyclic) bond motifs is 1. The minimum absolute atomic E-state index is 0.0638. The number of aromatic nitrogens is 1. The van der Waals surface area contributed by atoms with E-state index in [1.807, 2.05) is 19.1 Å². The van der Waals surface area contributed by atoms with Crippen LogP contribution < -0.4 is 21.1 Å². The number of nitrogens with two attached hydrogens (primary N) is 1. The lowest BCUT2D eigenvalue weighted by atomic mass is 9.84. The van der Waals surface area contributed by atoms with E-state index in [0.29, 0.717) is 49.6 Å². The lowest BCUT2D eigenvalue weighted by Gasteiger charge is -2.50. The Morgan fingerprint density at radius 2 is 2.10 bits per heavy atom. The molecule has 1 unspecified atom stereocenters. The molecule has 5 atom stereocenters. The van der Waals surface area contributed by atoms with Crippen molar-refractivity contribution in [3.8, 4) is 5.75 Å². The number of aryl methyl sites for hydroxylation is 1. The number of aliphatic hydroxyl groups excluding tert-OH is 1. The number of hydrogen-bond acceptors (Lipinski definition) is 15. The fourth-order valence-corrected chi connectivity index (χ4v) is 6.93. The highest BCUT2D eigenvalue weighted by Gasteiger charge is 2.58. The Bertz CT molecular complexity index is 1850. The molecule has 1 aromatic carbocycles. The number of carboxylic acid groups (broad SMARTS) is 1. The van der Waals surface area contributed by atoms with Gasteiger partial charge < -0.3 is 36.2 Å². The molecule has 4 heterocycles. The molecule has 5 rings (SSSR count). The Balaban J connectivity index is 1.30. The quantitative estimate of drug-likeness (QED) is 0.0685. The molecule has 0 radical (unpaired) electrons. The van der Waals surface area contributed by atoms with Crippen molar-refractivity contribution in [3.05, 3.63) is 40.4 Å². The number of anilines is 1. The first-order valence-electron chi connectivity index (χ1n) is 16.2. The molecule has 0 saturated carbocycles. The zero-order valence-corrected chi connectivity index (χ0v) is 30.0. The first-order chi connectivity index (χ1) is 23.9. The summed E-state index contributed by atoms with van der Waals surface area (Å²) in [6.45, 7) is 7.24.